The summed E-state index contributed by atoms with van der Waals surface area (Å²) in [5.41, 5.74) is 1.72. The quantitative estimate of drug-likeness (QED) is 0.799. The smallest absolute Gasteiger partial charge is 0.242 e. The maximum atomic E-state index is 12.6. The topological polar surface area (TPSA) is 74.8 Å². The Hall–Kier alpha value is -1.89. The van der Waals surface area contributed by atoms with Crippen LogP contribution in [-0.2, 0) is 25.8 Å². The van der Waals surface area contributed by atoms with Crippen LogP contribution in [0, 0.1) is 0 Å². The molecule has 6 nitrogen and oxygen atoms in total. The number of likely N-dealkylation sites (N-methyl/N-ethyl adjacent to an activating group) is 1. The van der Waals surface area contributed by atoms with Gasteiger partial charge in [0.2, 0.25) is 11.8 Å². The number of carbonyl (C=O) groups is 2. The Bertz CT molecular complexity index is 730. The Labute approximate surface area is 143 Å². The average Bonchev–Trinajstić information content (AvgIpc) is 2.91. The van der Waals surface area contributed by atoms with Gasteiger partial charge in [-0.2, -0.15) is 0 Å². The monoisotopic (exact) mass is 352 g/mol. The third-order valence-corrected chi connectivity index (χ3v) is 6.24. The molecule has 0 bridgehead atoms. The molecule has 0 aromatic heterocycles. The Balaban J connectivity index is 2.16. The van der Waals surface area contributed by atoms with Crippen LogP contribution >= 0.6 is 0 Å². The maximum absolute atomic E-state index is 12.6. The van der Waals surface area contributed by atoms with E-state index >= 15 is 0 Å². The van der Waals surface area contributed by atoms with Crippen LogP contribution in [0.2, 0.25) is 0 Å². The van der Waals surface area contributed by atoms with Crippen LogP contribution in [0.15, 0.2) is 24.3 Å². The van der Waals surface area contributed by atoms with Gasteiger partial charge in [0.15, 0.2) is 9.84 Å². The molecule has 2 rings (SSSR count). The van der Waals surface area contributed by atoms with Gasteiger partial charge in [-0.15, -0.1) is 0 Å². The number of hydrogen-bond acceptors (Lipinski definition) is 4. The molecule has 1 saturated heterocycles. The molecule has 1 aliphatic heterocycles. The molecule has 1 unspecified atom stereocenters. The highest BCUT2D eigenvalue weighted by atomic mass is 32.2. The summed E-state index contributed by atoms with van der Waals surface area (Å²) in [6.07, 6.45) is 1.21. The third-order valence-electron chi connectivity index (χ3n) is 4.49. The number of para-hydroxylation sites is 1. The Kier molecular flexibility index (Phi) is 5.64. The largest absolute Gasteiger partial charge is 0.340 e. The van der Waals surface area contributed by atoms with Gasteiger partial charge in [0.25, 0.3) is 0 Å². The van der Waals surface area contributed by atoms with Crippen LogP contribution in [0.25, 0.3) is 0 Å². The number of carbonyl (C=O) groups excluding carboxylic acids is 2. The van der Waals surface area contributed by atoms with Crippen LogP contribution in [0.1, 0.15) is 25.8 Å². The molecule has 0 N–H and O–H groups in total. The standard InChI is InChI=1S/C17H24N2O4S/c1-4-14-7-5-6-8-16(14)19(13(2)20)11-17(21)18(3)15-9-10-24(22,23)12-15/h5-8,15H,4,9-12H2,1-3H3. The van der Waals surface area contributed by atoms with Crippen molar-refractivity contribution in [3.05, 3.63) is 29.8 Å². The van der Waals surface area contributed by atoms with Crippen molar-refractivity contribution in [1.82, 2.24) is 4.90 Å². The number of nitrogens with zero attached hydrogens (tertiary/aromatic N) is 2. The molecule has 0 saturated carbocycles. The summed E-state index contributed by atoms with van der Waals surface area (Å²) in [6.45, 7) is 3.34. The van der Waals surface area contributed by atoms with Gasteiger partial charge in [0.1, 0.15) is 6.54 Å². The molecule has 2 amide bonds. The van der Waals surface area contributed by atoms with E-state index in [2.05, 4.69) is 0 Å². The van der Waals surface area contributed by atoms with E-state index in [9.17, 15) is 18.0 Å². The fourth-order valence-corrected chi connectivity index (χ4v) is 4.74. The Morgan fingerprint density at radius 3 is 2.46 bits per heavy atom. The number of sulfone groups is 1. The lowest BCUT2D eigenvalue weighted by atomic mass is 10.1. The van der Waals surface area contributed by atoms with Gasteiger partial charge in [0, 0.05) is 25.7 Å². The predicted octanol–water partition coefficient (Wildman–Crippen LogP) is 1.25. The first kappa shape index (κ1) is 18.4. The van der Waals surface area contributed by atoms with Crippen molar-refractivity contribution in [1.29, 1.82) is 0 Å². The zero-order valence-electron chi connectivity index (χ0n) is 14.4. The van der Waals surface area contributed by atoms with E-state index in [1.165, 1.54) is 16.7 Å². The van der Waals surface area contributed by atoms with E-state index in [-0.39, 0.29) is 35.9 Å². The van der Waals surface area contributed by atoms with Gasteiger partial charge < -0.3 is 9.80 Å². The summed E-state index contributed by atoms with van der Waals surface area (Å²) in [7, 11) is -1.45. The summed E-state index contributed by atoms with van der Waals surface area (Å²) in [4.78, 5) is 27.5. The van der Waals surface area contributed by atoms with Crippen LogP contribution < -0.4 is 4.90 Å². The lowest BCUT2D eigenvalue weighted by molar-refractivity contribution is -0.131. The van der Waals surface area contributed by atoms with Gasteiger partial charge in [-0.1, -0.05) is 25.1 Å². The Morgan fingerprint density at radius 2 is 1.92 bits per heavy atom. The summed E-state index contributed by atoms with van der Waals surface area (Å²) in [6, 6.07) is 7.19. The van der Waals surface area contributed by atoms with Crippen LogP contribution in [0.4, 0.5) is 5.69 Å². The number of rotatable bonds is 5. The van der Waals surface area contributed by atoms with E-state index in [0.717, 1.165) is 17.7 Å². The van der Waals surface area contributed by atoms with E-state index in [1.807, 2.05) is 31.2 Å². The van der Waals surface area contributed by atoms with Crippen LogP contribution in [0.5, 0.6) is 0 Å². The van der Waals surface area contributed by atoms with Crippen molar-refractivity contribution in [3.63, 3.8) is 0 Å². The highest BCUT2D eigenvalue weighted by Crippen LogP contribution is 2.22. The van der Waals surface area contributed by atoms with Gasteiger partial charge in [0.05, 0.1) is 11.5 Å². The van der Waals surface area contributed by atoms with Crippen molar-refractivity contribution in [2.75, 3.05) is 30.0 Å². The van der Waals surface area contributed by atoms with Gasteiger partial charge in [-0.05, 0) is 24.5 Å². The number of hydrogen-bond donors (Lipinski definition) is 0. The van der Waals surface area contributed by atoms with Crippen LogP contribution in [-0.4, -0.2) is 56.3 Å². The predicted molar refractivity (Wildman–Crippen MR) is 93.7 cm³/mol. The minimum atomic E-state index is -3.06. The molecular weight excluding hydrogens is 328 g/mol. The highest BCUT2D eigenvalue weighted by molar-refractivity contribution is 7.91. The second-order valence-corrected chi connectivity index (χ2v) is 8.38. The SMILES string of the molecule is CCc1ccccc1N(CC(=O)N(C)C1CCS(=O)(=O)C1)C(C)=O. The molecule has 132 valence electrons. The van der Waals surface area contributed by atoms with Crippen molar-refractivity contribution >= 4 is 27.3 Å². The molecule has 0 spiro atoms. The Morgan fingerprint density at radius 1 is 1.25 bits per heavy atom. The van der Waals surface area contributed by atoms with Gasteiger partial charge in [-0.25, -0.2) is 8.42 Å². The first-order valence-corrected chi connectivity index (χ1v) is 9.89. The van der Waals surface area contributed by atoms with Crippen LogP contribution in [0.3, 0.4) is 0 Å². The molecule has 0 radical (unpaired) electrons. The number of aryl methyl sites for hydroxylation is 1. The van der Waals surface area contributed by atoms with Gasteiger partial charge >= 0.3 is 0 Å². The molecular formula is C17H24N2O4S. The van der Waals surface area contributed by atoms with E-state index in [4.69, 9.17) is 0 Å². The fourth-order valence-electron chi connectivity index (χ4n) is 2.97. The zero-order chi connectivity index (χ0) is 17.9. The first-order chi connectivity index (χ1) is 11.2. The molecule has 1 aromatic rings. The van der Waals surface area contributed by atoms with E-state index in [1.54, 1.807) is 7.05 Å². The minimum absolute atomic E-state index is 0.000852. The lowest BCUT2D eigenvalue weighted by Gasteiger charge is -2.28. The summed E-state index contributed by atoms with van der Waals surface area (Å²) < 4.78 is 23.2. The maximum Gasteiger partial charge on any atom is 0.242 e. The lowest BCUT2D eigenvalue weighted by Crippen LogP contribution is -2.45. The summed E-state index contributed by atoms with van der Waals surface area (Å²) in [5.74, 6) is -0.347. The second kappa shape index (κ2) is 7.34. The highest BCUT2D eigenvalue weighted by Gasteiger charge is 2.33. The molecule has 7 heteroatoms. The zero-order valence-corrected chi connectivity index (χ0v) is 15.2. The second-order valence-electron chi connectivity index (χ2n) is 6.15. The average molecular weight is 352 g/mol. The third kappa shape index (κ3) is 4.14. The summed E-state index contributed by atoms with van der Waals surface area (Å²) >= 11 is 0. The number of benzene rings is 1. The molecule has 24 heavy (non-hydrogen) atoms. The number of amides is 2. The molecule has 1 atom stereocenters. The fraction of sp³-hybridized carbons (Fsp3) is 0.529. The molecule has 1 aromatic carbocycles. The van der Waals surface area contributed by atoms with Crippen molar-refractivity contribution in [2.24, 2.45) is 0 Å². The molecule has 1 heterocycles. The van der Waals surface area contributed by atoms with E-state index < -0.39 is 9.84 Å². The van der Waals surface area contributed by atoms with Gasteiger partial charge in [-0.3, -0.25) is 9.59 Å². The van der Waals surface area contributed by atoms with Crippen molar-refractivity contribution in [3.8, 4) is 0 Å². The normalized spacial score (nSPS) is 19.0. The molecule has 0 aliphatic carbocycles. The van der Waals surface area contributed by atoms with Crippen molar-refractivity contribution < 1.29 is 18.0 Å². The minimum Gasteiger partial charge on any atom is -0.340 e. The van der Waals surface area contributed by atoms with Crippen molar-refractivity contribution in [2.45, 2.75) is 32.7 Å². The molecule has 1 aliphatic rings. The summed E-state index contributed by atoms with van der Waals surface area (Å²) in [5, 5.41) is 0. The number of anilines is 1. The van der Waals surface area contributed by atoms with E-state index in [0.29, 0.717) is 6.42 Å². The molecule has 1 fully saturated rings. The first-order valence-electron chi connectivity index (χ1n) is 8.07.